The Morgan fingerprint density at radius 2 is 1.94 bits per heavy atom. The summed E-state index contributed by atoms with van der Waals surface area (Å²) in [5.74, 6) is 0.988. The van der Waals surface area contributed by atoms with Crippen molar-refractivity contribution in [2.75, 3.05) is 12.0 Å². The van der Waals surface area contributed by atoms with Crippen LogP contribution in [0.4, 0.5) is 0 Å². The molecule has 0 bridgehead atoms. The highest BCUT2D eigenvalue weighted by Crippen LogP contribution is 2.55. The highest BCUT2D eigenvalue weighted by molar-refractivity contribution is 7.98. The van der Waals surface area contributed by atoms with E-state index in [9.17, 15) is 9.59 Å². The number of thioether (sulfide) groups is 1. The van der Waals surface area contributed by atoms with E-state index >= 15 is 0 Å². The van der Waals surface area contributed by atoms with Crippen molar-refractivity contribution in [3.05, 3.63) is 0 Å². The summed E-state index contributed by atoms with van der Waals surface area (Å²) >= 11 is 1.60. The van der Waals surface area contributed by atoms with Gasteiger partial charge in [-0.05, 0) is 43.1 Å². The maximum Gasteiger partial charge on any atom is 0.326 e. The molecule has 3 atom stereocenters. The lowest BCUT2D eigenvalue weighted by atomic mass is 10.0. The molecule has 2 aliphatic carbocycles. The first-order valence-electron chi connectivity index (χ1n) is 6.67. The van der Waals surface area contributed by atoms with Crippen LogP contribution in [0, 0.1) is 17.8 Å². The Hall–Kier alpha value is -0.710. The number of carbonyl (C=O) groups excluding carboxylic acids is 1. The van der Waals surface area contributed by atoms with Crippen LogP contribution in [-0.4, -0.2) is 35.0 Å². The van der Waals surface area contributed by atoms with Crippen LogP contribution in [-0.2, 0) is 9.59 Å². The van der Waals surface area contributed by atoms with Gasteiger partial charge in [0.25, 0.3) is 0 Å². The molecule has 2 saturated carbocycles. The summed E-state index contributed by atoms with van der Waals surface area (Å²) in [7, 11) is 0. The Labute approximate surface area is 112 Å². The van der Waals surface area contributed by atoms with Gasteiger partial charge in [-0.25, -0.2) is 4.79 Å². The number of hydrogen-bond donors (Lipinski definition) is 2. The van der Waals surface area contributed by atoms with Crippen molar-refractivity contribution in [1.29, 1.82) is 0 Å². The van der Waals surface area contributed by atoms with E-state index in [-0.39, 0.29) is 11.8 Å². The number of fused-ring (bicyclic) bond motifs is 1. The molecule has 2 fully saturated rings. The predicted octanol–water partition coefficient (Wildman–Crippen LogP) is 1.75. The number of hydrogen-bond acceptors (Lipinski definition) is 3. The molecule has 0 radical (unpaired) electrons. The molecule has 0 aromatic rings. The number of carboxylic acids is 1. The average molecular weight is 271 g/mol. The largest absolute Gasteiger partial charge is 0.480 e. The van der Waals surface area contributed by atoms with Crippen LogP contribution in [0.15, 0.2) is 0 Å². The lowest BCUT2D eigenvalue weighted by molar-refractivity contribution is -0.142. The molecule has 0 aromatic carbocycles. The molecule has 2 N–H and O–H groups in total. The topological polar surface area (TPSA) is 66.4 Å². The van der Waals surface area contributed by atoms with E-state index in [1.54, 1.807) is 11.8 Å². The van der Waals surface area contributed by atoms with Crippen LogP contribution < -0.4 is 5.32 Å². The third-order valence-corrected chi connectivity index (χ3v) is 4.83. The fourth-order valence-corrected chi connectivity index (χ4v) is 3.61. The van der Waals surface area contributed by atoms with Crippen molar-refractivity contribution in [3.63, 3.8) is 0 Å². The van der Waals surface area contributed by atoms with Gasteiger partial charge in [-0.15, -0.1) is 0 Å². The van der Waals surface area contributed by atoms with Gasteiger partial charge in [-0.2, -0.15) is 11.8 Å². The number of carbonyl (C=O) groups is 2. The van der Waals surface area contributed by atoms with Gasteiger partial charge in [0.15, 0.2) is 0 Å². The predicted molar refractivity (Wildman–Crippen MR) is 71.5 cm³/mol. The number of amides is 1. The van der Waals surface area contributed by atoms with Crippen LogP contribution in [0.3, 0.4) is 0 Å². The van der Waals surface area contributed by atoms with Gasteiger partial charge in [0, 0.05) is 5.92 Å². The SMILES string of the molecule is CSCC[C@H](NC(=O)C1C2CCCCC21)C(=O)O. The van der Waals surface area contributed by atoms with E-state index in [0.29, 0.717) is 18.3 Å². The van der Waals surface area contributed by atoms with Gasteiger partial charge >= 0.3 is 5.97 Å². The fourth-order valence-electron chi connectivity index (χ4n) is 3.14. The minimum Gasteiger partial charge on any atom is -0.480 e. The number of nitrogens with one attached hydrogen (secondary N) is 1. The standard InChI is InChI=1S/C13H21NO3S/c1-18-7-6-10(13(16)17)14-12(15)11-8-4-2-3-5-9(8)11/h8-11H,2-7H2,1H3,(H,14,15)(H,16,17)/t8?,9?,10-,11?/m0/s1. The lowest BCUT2D eigenvalue weighted by Crippen LogP contribution is -2.42. The van der Waals surface area contributed by atoms with E-state index in [1.165, 1.54) is 12.8 Å². The van der Waals surface area contributed by atoms with E-state index in [4.69, 9.17) is 5.11 Å². The summed E-state index contributed by atoms with van der Waals surface area (Å²) in [5.41, 5.74) is 0. The zero-order valence-electron chi connectivity index (χ0n) is 10.7. The van der Waals surface area contributed by atoms with Gasteiger partial charge in [0.05, 0.1) is 0 Å². The number of aliphatic carboxylic acids is 1. The van der Waals surface area contributed by atoms with Gasteiger partial charge in [-0.3, -0.25) is 4.79 Å². The van der Waals surface area contributed by atoms with Gasteiger partial charge in [-0.1, -0.05) is 12.8 Å². The second kappa shape index (κ2) is 5.95. The Morgan fingerprint density at radius 3 is 2.44 bits per heavy atom. The maximum absolute atomic E-state index is 12.1. The van der Waals surface area contributed by atoms with Gasteiger partial charge < -0.3 is 10.4 Å². The van der Waals surface area contributed by atoms with Crippen molar-refractivity contribution in [2.45, 2.75) is 38.1 Å². The quantitative estimate of drug-likeness (QED) is 0.772. The van der Waals surface area contributed by atoms with Crippen molar-refractivity contribution < 1.29 is 14.7 Å². The van der Waals surface area contributed by atoms with Crippen molar-refractivity contribution in [3.8, 4) is 0 Å². The Balaban J connectivity index is 1.83. The van der Waals surface area contributed by atoms with E-state index < -0.39 is 12.0 Å². The average Bonchev–Trinajstić information content (AvgIpc) is 3.08. The maximum atomic E-state index is 12.1. The van der Waals surface area contributed by atoms with Gasteiger partial charge in [0.1, 0.15) is 6.04 Å². The molecule has 18 heavy (non-hydrogen) atoms. The highest BCUT2D eigenvalue weighted by atomic mass is 32.2. The molecule has 1 amide bonds. The first kappa shape index (κ1) is 13.7. The number of carboxylic acid groups (broad SMARTS) is 1. The molecule has 5 heteroatoms. The second-order valence-corrected chi connectivity index (χ2v) is 6.30. The van der Waals surface area contributed by atoms with Gasteiger partial charge in [0.2, 0.25) is 5.91 Å². The minimum absolute atomic E-state index is 0.0274. The lowest BCUT2D eigenvalue weighted by Gasteiger charge is -2.13. The Bertz CT molecular complexity index is 322. The summed E-state index contributed by atoms with van der Waals surface area (Å²) < 4.78 is 0. The van der Waals surface area contributed by atoms with Crippen molar-refractivity contribution in [1.82, 2.24) is 5.32 Å². The molecule has 0 aromatic heterocycles. The summed E-state index contributed by atoms with van der Waals surface area (Å²) in [5, 5.41) is 11.8. The number of rotatable bonds is 6. The second-order valence-electron chi connectivity index (χ2n) is 5.32. The Morgan fingerprint density at radius 1 is 1.33 bits per heavy atom. The summed E-state index contributed by atoms with van der Waals surface area (Å²) in [4.78, 5) is 23.1. The monoisotopic (exact) mass is 271 g/mol. The zero-order chi connectivity index (χ0) is 13.1. The molecule has 0 aliphatic heterocycles. The van der Waals surface area contributed by atoms with Crippen LogP contribution >= 0.6 is 11.8 Å². The minimum atomic E-state index is -0.916. The first-order valence-corrected chi connectivity index (χ1v) is 8.06. The molecule has 0 spiro atoms. The summed E-state index contributed by atoms with van der Waals surface area (Å²) in [6.45, 7) is 0. The molecule has 0 saturated heterocycles. The molecule has 2 aliphatic rings. The van der Waals surface area contributed by atoms with Crippen molar-refractivity contribution in [2.24, 2.45) is 17.8 Å². The molecule has 2 rings (SSSR count). The Kier molecular flexibility index (Phi) is 4.54. The molecular weight excluding hydrogens is 250 g/mol. The molecule has 4 nitrogen and oxygen atoms in total. The molecular formula is C13H21NO3S. The molecule has 2 unspecified atom stereocenters. The normalized spacial score (nSPS) is 31.3. The third-order valence-electron chi connectivity index (χ3n) is 4.18. The molecule has 102 valence electrons. The van der Waals surface area contributed by atoms with Crippen LogP contribution in [0.5, 0.6) is 0 Å². The van der Waals surface area contributed by atoms with E-state index in [1.807, 2.05) is 6.26 Å². The first-order chi connectivity index (χ1) is 8.65. The van der Waals surface area contributed by atoms with Crippen molar-refractivity contribution >= 4 is 23.6 Å². The zero-order valence-corrected chi connectivity index (χ0v) is 11.5. The third kappa shape index (κ3) is 2.99. The summed E-state index contributed by atoms with van der Waals surface area (Å²) in [6.07, 6.45) is 7.18. The van der Waals surface area contributed by atoms with E-state index in [0.717, 1.165) is 18.6 Å². The van der Waals surface area contributed by atoms with Crippen LogP contribution in [0.2, 0.25) is 0 Å². The fraction of sp³-hybridized carbons (Fsp3) is 0.846. The smallest absolute Gasteiger partial charge is 0.326 e. The molecule has 0 heterocycles. The van der Waals surface area contributed by atoms with Crippen LogP contribution in [0.1, 0.15) is 32.1 Å². The van der Waals surface area contributed by atoms with Crippen LogP contribution in [0.25, 0.3) is 0 Å². The van der Waals surface area contributed by atoms with E-state index in [2.05, 4.69) is 5.32 Å². The summed E-state index contributed by atoms with van der Waals surface area (Å²) in [6, 6.07) is -0.715. The highest BCUT2D eigenvalue weighted by Gasteiger charge is 2.54.